The Balaban J connectivity index is 1.60. The molecule has 0 aliphatic carbocycles. The van der Waals surface area contributed by atoms with E-state index in [1.807, 2.05) is 36.4 Å². The van der Waals surface area contributed by atoms with Gasteiger partial charge in [-0.15, -0.1) is 0 Å². The number of nitrogens with zero attached hydrogens (tertiary/aromatic N) is 1. The summed E-state index contributed by atoms with van der Waals surface area (Å²) in [5.74, 6) is 1.59. The van der Waals surface area contributed by atoms with Gasteiger partial charge in [-0.25, -0.2) is 0 Å². The molecule has 0 bridgehead atoms. The summed E-state index contributed by atoms with van der Waals surface area (Å²) in [6, 6.07) is 19.5. The van der Waals surface area contributed by atoms with Gasteiger partial charge in [-0.05, 0) is 53.1 Å². The highest BCUT2D eigenvalue weighted by Gasteiger charge is 2.20. The number of benzene rings is 3. The van der Waals surface area contributed by atoms with E-state index in [9.17, 15) is 5.11 Å². The summed E-state index contributed by atoms with van der Waals surface area (Å²) in [4.78, 5) is 2.31. The number of rotatable bonds is 4. The second kappa shape index (κ2) is 8.13. The summed E-state index contributed by atoms with van der Waals surface area (Å²) in [5.41, 5.74) is 4.07. The molecule has 1 aliphatic rings. The van der Waals surface area contributed by atoms with E-state index in [1.165, 1.54) is 5.56 Å². The molecule has 0 fully saturated rings. The maximum Gasteiger partial charge on any atom is 0.165 e. The number of phenolic OH excluding ortho intramolecular Hbond substituents is 1. The molecule has 4 nitrogen and oxygen atoms in total. The number of hydrogen-bond acceptors (Lipinski definition) is 4. The lowest BCUT2D eigenvalue weighted by Gasteiger charge is -2.20. The summed E-state index contributed by atoms with van der Waals surface area (Å²) in [6.45, 7) is 2.82. The summed E-state index contributed by atoms with van der Waals surface area (Å²) in [5, 5.41) is 11.2. The first-order chi connectivity index (χ1) is 13.6. The van der Waals surface area contributed by atoms with Gasteiger partial charge in [0.1, 0.15) is 12.4 Å². The Kier molecular flexibility index (Phi) is 5.42. The van der Waals surface area contributed by atoms with Gasteiger partial charge in [-0.3, -0.25) is 4.90 Å². The molecular formula is C23H22ClNO3. The molecule has 3 aromatic rings. The molecule has 1 N–H and O–H groups in total. The van der Waals surface area contributed by atoms with Gasteiger partial charge in [0.25, 0.3) is 0 Å². The maximum atomic E-state index is 10.5. The van der Waals surface area contributed by atoms with Gasteiger partial charge >= 0.3 is 0 Å². The minimum Gasteiger partial charge on any atom is -0.504 e. The summed E-state index contributed by atoms with van der Waals surface area (Å²) in [6.07, 6.45) is 0. The lowest BCUT2D eigenvalue weighted by atomic mass is 10.0. The molecule has 1 aliphatic heterocycles. The van der Waals surface area contributed by atoms with Crippen molar-refractivity contribution in [2.45, 2.75) is 13.1 Å². The van der Waals surface area contributed by atoms with Crippen LogP contribution in [0.3, 0.4) is 0 Å². The average Bonchev–Trinajstić information content (AvgIpc) is 2.91. The van der Waals surface area contributed by atoms with Crippen LogP contribution in [0.4, 0.5) is 0 Å². The Morgan fingerprint density at radius 2 is 1.89 bits per heavy atom. The zero-order valence-corrected chi connectivity index (χ0v) is 16.4. The standard InChI is InChI=1S/C23H22ClNO3/c1-27-21-7-5-16(6-8-21)14-25-9-10-28-23-19(15-25)11-18(13-22(23)26)17-3-2-4-20(24)12-17/h2-8,11-13,26H,9-10,14-15H2,1H3. The SMILES string of the molecule is COc1ccc(CN2CCOc3c(O)cc(-c4cccc(Cl)c4)cc3C2)cc1. The van der Waals surface area contributed by atoms with Crippen molar-refractivity contribution >= 4 is 11.6 Å². The first kappa shape index (κ1) is 18.7. The smallest absolute Gasteiger partial charge is 0.165 e. The molecule has 0 radical (unpaired) electrons. The third-order valence-corrected chi connectivity index (χ3v) is 5.15. The molecule has 5 heteroatoms. The van der Waals surface area contributed by atoms with Crippen LogP contribution in [-0.4, -0.2) is 30.3 Å². The fourth-order valence-corrected chi connectivity index (χ4v) is 3.70. The van der Waals surface area contributed by atoms with Crippen molar-refractivity contribution in [3.05, 3.63) is 76.8 Å². The molecule has 3 aromatic carbocycles. The lowest BCUT2D eigenvalue weighted by molar-refractivity contribution is 0.217. The Bertz CT molecular complexity index is 972. The van der Waals surface area contributed by atoms with Crippen molar-refractivity contribution in [3.8, 4) is 28.4 Å². The van der Waals surface area contributed by atoms with Crippen molar-refractivity contribution < 1.29 is 14.6 Å². The number of ether oxygens (including phenoxy) is 2. The monoisotopic (exact) mass is 395 g/mol. The largest absolute Gasteiger partial charge is 0.504 e. The van der Waals surface area contributed by atoms with Crippen LogP contribution < -0.4 is 9.47 Å². The zero-order valence-electron chi connectivity index (χ0n) is 15.7. The summed E-state index contributed by atoms with van der Waals surface area (Å²) < 4.78 is 11.1. The summed E-state index contributed by atoms with van der Waals surface area (Å²) in [7, 11) is 1.67. The number of fused-ring (bicyclic) bond motifs is 1. The Morgan fingerprint density at radius 3 is 2.64 bits per heavy atom. The highest BCUT2D eigenvalue weighted by atomic mass is 35.5. The van der Waals surface area contributed by atoms with E-state index in [1.54, 1.807) is 13.2 Å². The first-order valence-electron chi connectivity index (χ1n) is 9.22. The quantitative estimate of drug-likeness (QED) is 0.666. The van der Waals surface area contributed by atoms with Crippen LogP contribution in [0.25, 0.3) is 11.1 Å². The fraction of sp³-hybridized carbons (Fsp3) is 0.217. The highest BCUT2D eigenvalue weighted by molar-refractivity contribution is 6.30. The van der Waals surface area contributed by atoms with Crippen molar-refractivity contribution in [3.63, 3.8) is 0 Å². The molecule has 0 atom stereocenters. The van der Waals surface area contributed by atoms with Crippen LogP contribution in [0.2, 0.25) is 5.02 Å². The van der Waals surface area contributed by atoms with E-state index in [0.717, 1.165) is 35.5 Å². The first-order valence-corrected chi connectivity index (χ1v) is 9.60. The summed E-state index contributed by atoms with van der Waals surface area (Å²) >= 11 is 6.13. The van der Waals surface area contributed by atoms with E-state index in [2.05, 4.69) is 23.1 Å². The van der Waals surface area contributed by atoms with Crippen molar-refractivity contribution in [1.29, 1.82) is 0 Å². The topological polar surface area (TPSA) is 41.9 Å². The molecular weight excluding hydrogens is 374 g/mol. The van der Waals surface area contributed by atoms with Crippen LogP contribution in [-0.2, 0) is 13.1 Å². The van der Waals surface area contributed by atoms with E-state index in [0.29, 0.717) is 23.9 Å². The van der Waals surface area contributed by atoms with Gasteiger partial charge in [0, 0.05) is 30.2 Å². The molecule has 0 saturated carbocycles. The molecule has 0 amide bonds. The van der Waals surface area contributed by atoms with E-state index >= 15 is 0 Å². The average molecular weight is 396 g/mol. The molecule has 0 saturated heterocycles. The minimum atomic E-state index is 0.166. The van der Waals surface area contributed by atoms with E-state index in [-0.39, 0.29) is 5.75 Å². The van der Waals surface area contributed by atoms with Gasteiger partial charge in [0.05, 0.1) is 7.11 Å². The number of hydrogen-bond donors (Lipinski definition) is 1. The predicted molar refractivity (Wildman–Crippen MR) is 111 cm³/mol. The normalized spacial score (nSPS) is 14.1. The Morgan fingerprint density at radius 1 is 1.07 bits per heavy atom. The van der Waals surface area contributed by atoms with Crippen LogP contribution >= 0.6 is 11.6 Å². The third-order valence-electron chi connectivity index (χ3n) is 4.92. The lowest BCUT2D eigenvalue weighted by Crippen LogP contribution is -2.25. The predicted octanol–water partition coefficient (Wildman–Crippen LogP) is 5.12. The fourth-order valence-electron chi connectivity index (χ4n) is 3.51. The molecule has 1 heterocycles. The Labute approximate surface area is 169 Å². The van der Waals surface area contributed by atoms with E-state index < -0.39 is 0 Å². The zero-order chi connectivity index (χ0) is 19.5. The maximum absolute atomic E-state index is 10.5. The molecule has 0 aromatic heterocycles. The van der Waals surface area contributed by atoms with Crippen molar-refractivity contribution in [1.82, 2.24) is 4.90 Å². The van der Waals surface area contributed by atoms with Crippen molar-refractivity contribution in [2.75, 3.05) is 20.3 Å². The van der Waals surface area contributed by atoms with Crippen molar-refractivity contribution in [2.24, 2.45) is 0 Å². The van der Waals surface area contributed by atoms with Crippen LogP contribution in [0.15, 0.2) is 60.7 Å². The molecule has 0 spiro atoms. The molecule has 144 valence electrons. The number of aromatic hydroxyl groups is 1. The third kappa shape index (κ3) is 4.08. The minimum absolute atomic E-state index is 0.166. The molecule has 28 heavy (non-hydrogen) atoms. The second-order valence-electron chi connectivity index (χ2n) is 6.90. The van der Waals surface area contributed by atoms with Crippen LogP contribution in [0, 0.1) is 0 Å². The number of methoxy groups -OCH3 is 1. The van der Waals surface area contributed by atoms with Gasteiger partial charge < -0.3 is 14.6 Å². The molecule has 4 rings (SSSR count). The van der Waals surface area contributed by atoms with Gasteiger partial charge in [0.2, 0.25) is 0 Å². The van der Waals surface area contributed by atoms with Gasteiger partial charge in [-0.2, -0.15) is 0 Å². The number of phenols is 1. The van der Waals surface area contributed by atoms with Crippen LogP contribution in [0.5, 0.6) is 17.2 Å². The Hall–Kier alpha value is -2.69. The second-order valence-corrected chi connectivity index (χ2v) is 7.34. The van der Waals surface area contributed by atoms with E-state index in [4.69, 9.17) is 21.1 Å². The highest BCUT2D eigenvalue weighted by Crippen LogP contribution is 2.38. The van der Waals surface area contributed by atoms with Gasteiger partial charge in [0.15, 0.2) is 11.5 Å². The van der Waals surface area contributed by atoms with Crippen LogP contribution in [0.1, 0.15) is 11.1 Å². The molecule has 0 unspecified atom stereocenters. The van der Waals surface area contributed by atoms with Gasteiger partial charge in [-0.1, -0.05) is 35.9 Å². The number of halogens is 1.